The van der Waals surface area contributed by atoms with E-state index in [9.17, 15) is 4.79 Å². The number of hydrogen-bond acceptors (Lipinski definition) is 3. The maximum Gasteiger partial charge on any atom is 0.247 e. The fourth-order valence-electron chi connectivity index (χ4n) is 1.01. The number of carbonyl (C=O) groups excluding carboxylic acids is 1. The van der Waals surface area contributed by atoms with Crippen LogP contribution in [0, 0.1) is 0 Å². The van der Waals surface area contributed by atoms with Gasteiger partial charge in [-0.15, -0.1) is 0 Å². The summed E-state index contributed by atoms with van der Waals surface area (Å²) < 4.78 is 5.00. The van der Waals surface area contributed by atoms with Crippen LogP contribution in [-0.4, -0.2) is 37.4 Å². The second kappa shape index (κ2) is 9.43. The third-order valence-corrected chi connectivity index (χ3v) is 1.76. The first-order valence-corrected chi connectivity index (χ1v) is 5.04. The molecule has 0 aliphatic heterocycles. The van der Waals surface area contributed by atoms with E-state index >= 15 is 0 Å². The Hall–Kier alpha value is -1.13. The molecule has 4 nitrogen and oxygen atoms in total. The van der Waals surface area contributed by atoms with Crippen molar-refractivity contribution in [3.05, 3.63) is 24.3 Å². The summed E-state index contributed by atoms with van der Waals surface area (Å²) in [5.41, 5.74) is 0.701. The lowest BCUT2D eigenvalue weighted by atomic mass is 10.2. The second-order valence-corrected chi connectivity index (χ2v) is 2.87. The maximum absolute atomic E-state index is 11.5. The summed E-state index contributed by atoms with van der Waals surface area (Å²) in [4.78, 5) is 11.5. The van der Waals surface area contributed by atoms with Crippen molar-refractivity contribution in [2.45, 2.75) is 13.3 Å². The number of aliphatic hydroxyl groups is 1. The van der Waals surface area contributed by atoms with Gasteiger partial charge in [-0.1, -0.05) is 25.7 Å². The summed E-state index contributed by atoms with van der Waals surface area (Å²) in [5, 5.41) is 11.2. The molecule has 0 radical (unpaired) electrons. The van der Waals surface area contributed by atoms with Gasteiger partial charge in [0.25, 0.3) is 0 Å². The Balaban J connectivity index is 3.72. The minimum absolute atomic E-state index is 0.00449. The van der Waals surface area contributed by atoms with Crippen LogP contribution in [0.1, 0.15) is 13.3 Å². The highest BCUT2D eigenvalue weighted by atomic mass is 16.5. The molecule has 0 aliphatic rings. The molecule has 2 N–H and O–H groups in total. The smallest absolute Gasteiger partial charge is 0.247 e. The highest BCUT2D eigenvalue weighted by molar-refractivity contribution is 5.93. The number of nitrogens with one attached hydrogen (secondary N) is 1. The maximum atomic E-state index is 11.5. The van der Waals surface area contributed by atoms with Gasteiger partial charge < -0.3 is 15.2 Å². The zero-order valence-corrected chi connectivity index (χ0v) is 9.16. The molecule has 0 bridgehead atoms. The fourth-order valence-corrected chi connectivity index (χ4v) is 1.01. The summed E-state index contributed by atoms with van der Waals surface area (Å²) in [5.74, 6) is -0.0926. The van der Waals surface area contributed by atoms with Crippen LogP contribution in [0.4, 0.5) is 0 Å². The average Bonchev–Trinajstić information content (AvgIpc) is 2.25. The topological polar surface area (TPSA) is 58.6 Å². The van der Waals surface area contributed by atoms with Crippen LogP contribution in [0.2, 0.25) is 0 Å². The number of aliphatic hydroxyl groups excluding tert-OH is 1. The molecule has 15 heavy (non-hydrogen) atoms. The largest absolute Gasteiger partial charge is 0.394 e. The quantitative estimate of drug-likeness (QED) is 0.353. The van der Waals surface area contributed by atoms with Gasteiger partial charge in [-0.25, -0.2) is 0 Å². The minimum atomic E-state index is -0.0926. The Labute approximate surface area is 90.6 Å². The Morgan fingerprint density at radius 3 is 2.80 bits per heavy atom. The van der Waals surface area contributed by atoms with Crippen molar-refractivity contribution in [3.63, 3.8) is 0 Å². The SMILES string of the molecule is C=C/C=C(\CC)C(=O)NCCOCCO. The molecule has 1 amide bonds. The van der Waals surface area contributed by atoms with Crippen LogP contribution < -0.4 is 5.32 Å². The number of amides is 1. The van der Waals surface area contributed by atoms with Gasteiger partial charge >= 0.3 is 0 Å². The van der Waals surface area contributed by atoms with Crippen LogP contribution >= 0.6 is 0 Å². The Bertz CT molecular complexity index is 224. The lowest BCUT2D eigenvalue weighted by molar-refractivity contribution is -0.117. The van der Waals surface area contributed by atoms with E-state index in [1.165, 1.54) is 0 Å². The van der Waals surface area contributed by atoms with Crippen LogP contribution in [0.5, 0.6) is 0 Å². The molecule has 0 spiro atoms. The first-order valence-electron chi connectivity index (χ1n) is 5.04. The van der Waals surface area contributed by atoms with Crippen LogP contribution in [0.15, 0.2) is 24.3 Å². The summed E-state index contributed by atoms with van der Waals surface area (Å²) >= 11 is 0. The molecular formula is C11H19NO3. The van der Waals surface area contributed by atoms with Gasteiger partial charge in [-0.05, 0) is 6.42 Å². The van der Waals surface area contributed by atoms with Crippen molar-refractivity contribution in [2.24, 2.45) is 0 Å². The molecule has 0 aromatic carbocycles. The van der Waals surface area contributed by atoms with Crippen LogP contribution in [0.25, 0.3) is 0 Å². The number of carbonyl (C=O) groups is 1. The molecule has 4 heteroatoms. The summed E-state index contributed by atoms with van der Waals surface area (Å²) in [6.07, 6.45) is 3.97. The molecular weight excluding hydrogens is 194 g/mol. The zero-order valence-electron chi connectivity index (χ0n) is 9.16. The molecule has 0 fully saturated rings. The van der Waals surface area contributed by atoms with E-state index in [-0.39, 0.29) is 12.5 Å². The van der Waals surface area contributed by atoms with Gasteiger partial charge in [-0.3, -0.25) is 4.79 Å². The van der Waals surface area contributed by atoms with E-state index in [0.717, 1.165) is 0 Å². The predicted molar refractivity (Wildman–Crippen MR) is 59.5 cm³/mol. The summed E-state index contributed by atoms with van der Waals surface area (Å²) in [6.45, 7) is 6.63. The van der Waals surface area contributed by atoms with Crippen molar-refractivity contribution in [3.8, 4) is 0 Å². The number of allylic oxidation sites excluding steroid dienone is 2. The van der Waals surface area contributed by atoms with Gasteiger partial charge in [0.1, 0.15) is 0 Å². The number of ether oxygens (including phenoxy) is 1. The molecule has 0 aromatic heterocycles. The molecule has 86 valence electrons. The van der Waals surface area contributed by atoms with Crippen LogP contribution in [-0.2, 0) is 9.53 Å². The van der Waals surface area contributed by atoms with E-state index in [1.54, 1.807) is 12.2 Å². The normalized spacial score (nSPS) is 11.2. The monoisotopic (exact) mass is 213 g/mol. The van der Waals surface area contributed by atoms with Crippen molar-refractivity contribution in [1.82, 2.24) is 5.32 Å². The lowest BCUT2D eigenvalue weighted by Gasteiger charge is -2.06. The molecule has 0 saturated heterocycles. The summed E-state index contributed by atoms with van der Waals surface area (Å²) in [6, 6.07) is 0. The standard InChI is InChI=1S/C11H19NO3/c1-3-5-10(4-2)11(14)12-6-8-15-9-7-13/h3,5,13H,1,4,6-9H2,2H3,(H,12,14)/b10-5+. The molecule has 0 heterocycles. The molecule has 0 unspecified atom stereocenters. The van der Waals surface area contributed by atoms with E-state index in [1.807, 2.05) is 6.92 Å². The second-order valence-electron chi connectivity index (χ2n) is 2.87. The molecule has 0 aromatic rings. The number of hydrogen-bond donors (Lipinski definition) is 2. The van der Waals surface area contributed by atoms with E-state index in [0.29, 0.717) is 31.8 Å². The zero-order chi connectivity index (χ0) is 11.5. The molecule has 0 saturated carbocycles. The van der Waals surface area contributed by atoms with Gasteiger partial charge in [0.15, 0.2) is 0 Å². The predicted octanol–water partition coefficient (Wildman–Crippen LogP) is 0.634. The van der Waals surface area contributed by atoms with Gasteiger partial charge in [-0.2, -0.15) is 0 Å². The molecule has 0 aliphatic carbocycles. The molecule has 0 atom stereocenters. The van der Waals surface area contributed by atoms with Crippen molar-refractivity contribution >= 4 is 5.91 Å². The van der Waals surface area contributed by atoms with E-state index < -0.39 is 0 Å². The molecule has 0 rings (SSSR count). The fraction of sp³-hybridized carbons (Fsp3) is 0.545. The van der Waals surface area contributed by atoms with Gasteiger partial charge in [0, 0.05) is 12.1 Å². The first kappa shape index (κ1) is 13.9. The Morgan fingerprint density at radius 2 is 2.27 bits per heavy atom. The third kappa shape index (κ3) is 6.88. The average molecular weight is 213 g/mol. The van der Waals surface area contributed by atoms with Crippen molar-refractivity contribution < 1.29 is 14.6 Å². The Morgan fingerprint density at radius 1 is 1.53 bits per heavy atom. The summed E-state index contributed by atoms with van der Waals surface area (Å²) in [7, 11) is 0. The third-order valence-electron chi connectivity index (χ3n) is 1.76. The highest BCUT2D eigenvalue weighted by Gasteiger charge is 2.04. The number of rotatable bonds is 8. The Kier molecular flexibility index (Phi) is 8.72. The van der Waals surface area contributed by atoms with Gasteiger partial charge in [0.05, 0.1) is 19.8 Å². The van der Waals surface area contributed by atoms with Crippen molar-refractivity contribution in [1.29, 1.82) is 0 Å². The lowest BCUT2D eigenvalue weighted by Crippen LogP contribution is -2.28. The first-order chi connectivity index (χ1) is 7.26. The van der Waals surface area contributed by atoms with Crippen LogP contribution in [0.3, 0.4) is 0 Å². The van der Waals surface area contributed by atoms with E-state index in [2.05, 4.69) is 11.9 Å². The minimum Gasteiger partial charge on any atom is -0.394 e. The highest BCUT2D eigenvalue weighted by Crippen LogP contribution is 1.99. The van der Waals surface area contributed by atoms with Crippen molar-refractivity contribution in [2.75, 3.05) is 26.4 Å². The van der Waals surface area contributed by atoms with Gasteiger partial charge in [0.2, 0.25) is 5.91 Å². The van der Waals surface area contributed by atoms with E-state index in [4.69, 9.17) is 9.84 Å².